The van der Waals surface area contributed by atoms with Crippen LogP contribution in [0.4, 0.5) is 0 Å². The van der Waals surface area contributed by atoms with Crippen molar-refractivity contribution >= 4 is 0 Å². The topological polar surface area (TPSA) is 36.8 Å². The molecule has 0 saturated heterocycles. The molecule has 25 heavy (non-hydrogen) atoms. The minimum atomic E-state index is -1.06. The molecule has 3 aromatic rings. The Labute approximate surface area is 154 Å². The third kappa shape index (κ3) is 3.09. The number of hydrogen-bond acceptors (Lipinski definition) is 1. The van der Waals surface area contributed by atoms with Gasteiger partial charge >= 0.3 is 0 Å². The Morgan fingerprint density at radius 3 is 1.88 bits per heavy atom. The van der Waals surface area contributed by atoms with Crippen LogP contribution in [0.25, 0.3) is 0 Å². The molecule has 3 aromatic carbocycles. The maximum absolute atomic E-state index is 12.0. The highest BCUT2D eigenvalue weighted by atomic mass is 35.5. The van der Waals surface area contributed by atoms with E-state index in [1.54, 1.807) is 0 Å². The molecule has 1 atom stereocenters. The van der Waals surface area contributed by atoms with E-state index < -0.39 is 5.60 Å². The zero-order valence-electron chi connectivity index (χ0n) is 14.0. The van der Waals surface area contributed by atoms with Gasteiger partial charge < -0.3 is 22.8 Å². The lowest BCUT2D eigenvalue weighted by Crippen LogP contribution is -3.00. The average molecular weight is 352 g/mol. The Bertz CT molecular complexity index is 780. The summed E-state index contributed by atoms with van der Waals surface area (Å²) in [6.45, 7) is 0.990. The first-order valence-electron chi connectivity index (χ1n) is 8.54. The zero-order chi connectivity index (χ0) is 16.4. The molecule has 4 rings (SSSR count). The van der Waals surface area contributed by atoms with Gasteiger partial charge in [0.2, 0.25) is 0 Å². The van der Waals surface area contributed by atoms with Gasteiger partial charge in [-0.1, -0.05) is 84.9 Å². The first-order chi connectivity index (χ1) is 11.8. The highest BCUT2D eigenvalue weighted by Crippen LogP contribution is 2.40. The quantitative estimate of drug-likeness (QED) is 0.673. The van der Waals surface area contributed by atoms with Crippen LogP contribution in [-0.4, -0.2) is 11.7 Å². The normalized spacial score (nSPS) is 16.6. The number of nitrogens with two attached hydrogens (primary N) is 1. The predicted molar refractivity (Wildman–Crippen MR) is 95.6 cm³/mol. The first kappa shape index (κ1) is 17.7. The van der Waals surface area contributed by atoms with Gasteiger partial charge in [0.15, 0.2) is 5.60 Å². The smallest absolute Gasteiger partial charge is 0.171 e. The molecule has 0 fully saturated rings. The van der Waals surface area contributed by atoms with Gasteiger partial charge in [-0.3, -0.25) is 0 Å². The van der Waals surface area contributed by atoms with Crippen molar-refractivity contribution in [1.29, 1.82) is 0 Å². The molecule has 3 N–H and O–H groups in total. The summed E-state index contributed by atoms with van der Waals surface area (Å²) in [4.78, 5) is 0. The highest BCUT2D eigenvalue weighted by molar-refractivity contribution is 5.42. The molecule has 2 nitrogen and oxygen atoms in total. The van der Waals surface area contributed by atoms with E-state index in [0.717, 1.165) is 24.1 Å². The second-order valence-corrected chi connectivity index (χ2v) is 6.45. The summed E-state index contributed by atoms with van der Waals surface area (Å²) in [6.07, 6.45) is 1.05. The molecule has 1 aliphatic heterocycles. The Morgan fingerprint density at radius 2 is 1.28 bits per heavy atom. The van der Waals surface area contributed by atoms with Gasteiger partial charge in [-0.05, 0) is 16.7 Å². The summed E-state index contributed by atoms with van der Waals surface area (Å²) in [5.74, 6) is 0. The van der Waals surface area contributed by atoms with Crippen LogP contribution in [0.3, 0.4) is 0 Å². The van der Waals surface area contributed by atoms with Crippen molar-refractivity contribution in [2.75, 3.05) is 6.54 Å². The van der Waals surface area contributed by atoms with Crippen LogP contribution in [0.5, 0.6) is 0 Å². The van der Waals surface area contributed by atoms with Crippen molar-refractivity contribution in [2.45, 2.75) is 18.1 Å². The maximum atomic E-state index is 12.0. The number of rotatable bonds is 3. The van der Waals surface area contributed by atoms with E-state index in [1.165, 1.54) is 11.1 Å². The molecule has 0 aliphatic carbocycles. The molecule has 0 amide bonds. The Balaban J connectivity index is 0.00000182. The molecule has 0 aromatic heterocycles. The van der Waals surface area contributed by atoms with Gasteiger partial charge in [0.25, 0.3) is 0 Å². The molecule has 0 saturated carbocycles. The fourth-order valence-corrected chi connectivity index (χ4v) is 3.90. The van der Waals surface area contributed by atoms with Gasteiger partial charge in [-0.25, -0.2) is 0 Å². The lowest BCUT2D eigenvalue weighted by molar-refractivity contribution is -0.713. The van der Waals surface area contributed by atoms with E-state index in [4.69, 9.17) is 0 Å². The first-order valence-corrected chi connectivity index (χ1v) is 8.54. The summed E-state index contributed by atoms with van der Waals surface area (Å²) in [5, 5.41) is 14.3. The largest absolute Gasteiger partial charge is 1.00 e. The van der Waals surface area contributed by atoms with Crippen LogP contribution in [0.1, 0.15) is 28.3 Å². The minimum absolute atomic E-state index is 0. The van der Waals surface area contributed by atoms with E-state index in [0.29, 0.717) is 0 Å². The van der Waals surface area contributed by atoms with Crippen LogP contribution in [0.2, 0.25) is 0 Å². The summed E-state index contributed by atoms with van der Waals surface area (Å²) in [5.41, 5.74) is 3.40. The third-order valence-electron chi connectivity index (χ3n) is 5.08. The van der Waals surface area contributed by atoms with Crippen LogP contribution in [0.15, 0.2) is 84.9 Å². The van der Waals surface area contributed by atoms with Crippen molar-refractivity contribution in [3.8, 4) is 0 Å². The molecule has 0 radical (unpaired) electrons. The Morgan fingerprint density at radius 1 is 0.760 bits per heavy atom. The Kier molecular flexibility index (Phi) is 5.24. The zero-order valence-corrected chi connectivity index (χ0v) is 14.7. The number of fused-ring (bicyclic) bond motifs is 1. The summed E-state index contributed by atoms with van der Waals surface area (Å²) in [6, 6.07) is 28.5. The SMILES string of the molecule is OC(c1ccccc1)(c1ccccc1)C1[NH2+]CCc2ccccc21.[Cl-]. The number of benzene rings is 3. The lowest BCUT2D eigenvalue weighted by atomic mass is 9.75. The summed E-state index contributed by atoms with van der Waals surface area (Å²) < 4.78 is 0. The van der Waals surface area contributed by atoms with E-state index >= 15 is 0 Å². The highest BCUT2D eigenvalue weighted by Gasteiger charge is 2.45. The summed E-state index contributed by atoms with van der Waals surface area (Å²) in [7, 11) is 0. The number of quaternary nitrogens is 1. The van der Waals surface area contributed by atoms with Crippen LogP contribution >= 0.6 is 0 Å². The third-order valence-corrected chi connectivity index (χ3v) is 5.08. The van der Waals surface area contributed by atoms with Crippen LogP contribution in [-0.2, 0) is 12.0 Å². The van der Waals surface area contributed by atoms with Crippen LogP contribution in [0, 0.1) is 0 Å². The van der Waals surface area contributed by atoms with Crippen molar-refractivity contribution in [1.82, 2.24) is 0 Å². The molecular formula is C22H22ClNO. The number of aliphatic hydroxyl groups is 1. The maximum Gasteiger partial charge on any atom is 0.171 e. The van der Waals surface area contributed by atoms with Crippen LogP contribution < -0.4 is 17.7 Å². The second-order valence-electron chi connectivity index (χ2n) is 6.45. The van der Waals surface area contributed by atoms with E-state index in [1.807, 2.05) is 60.7 Å². The van der Waals surface area contributed by atoms with Crippen molar-refractivity contribution < 1.29 is 22.8 Å². The minimum Gasteiger partial charge on any atom is -1.00 e. The molecular weight excluding hydrogens is 330 g/mol. The van der Waals surface area contributed by atoms with E-state index in [-0.39, 0.29) is 18.4 Å². The number of halogens is 1. The summed E-state index contributed by atoms with van der Waals surface area (Å²) >= 11 is 0. The van der Waals surface area contributed by atoms with Gasteiger partial charge in [0.1, 0.15) is 6.04 Å². The van der Waals surface area contributed by atoms with E-state index in [9.17, 15) is 5.11 Å². The molecule has 3 heteroatoms. The average Bonchev–Trinajstić information content (AvgIpc) is 2.68. The number of hydrogen-bond donors (Lipinski definition) is 2. The molecule has 0 spiro atoms. The van der Waals surface area contributed by atoms with Gasteiger partial charge in [-0.2, -0.15) is 0 Å². The van der Waals surface area contributed by atoms with Gasteiger partial charge in [0, 0.05) is 12.0 Å². The molecule has 1 aliphatic rings. The molecule has 1 unspecified atom stereocenters. The van der Waals surface area contributed by atoms with Crippen molar-refractivity contribution in [2.24, 2.45) is 0 Å². The second kappa shape index (κ2) is 7.40. The molecule has 128 valence electrons. The van der Waals surface area contributed by atoms with E-state index in [2.05, 4.69) is 29.6 Å². The van der Waals surface area contributed by atoms with Gasteiger partial charge in [-0.15, -0.1) is 0 Å². The standard InChI is InChI=1S/C22H21NO.ClH/c24-22(18-10-3-1-4-11-18,19-12-5-2-6-13-19)21-20-14-8-7-9-17(20)15-16-23-21;/h1-14,21,23-24H,15-16H2;1H. The fraction of sp³-hybridized carbons (Fsp3) is 0.182. The fourth-order valence-electron chi connectivity index (χ4n) is 3.90. The predicted octanol–water partition coefficient (Wildman–Crippen LogP) is -0.213. The lowest BCUT2D eigenvalue weighted by Gasteiger charge is -2.38. The molecule has 0 bridgehead atoms. The molecule has 1 heterocycles. The Hall–Kier alpha value is -2.13. The van der Waals surface area contributed by atoms with Gasteiger partial charge in [0.05, 0.1) is 6.54 Å². The van der Waals surface area contributed by atoms with Crippen molar-refractivity contribution in [3.63, 3.8) is 0 Å². The van der Waals surface area contributed by atoms with Crippen molar-refractivity contribution in [3.05, 3.63) is 107 Å². The monoisotopic (exact) mass is 351 g/mol.